The number of carbonyl (C=O) groups is 2. The lowest BCUT2D eigenvalue weighted by Gasteiger charge is -2.22. The molecule has 8 heteroatoms. The van der Waals surface area contributed by atoms with E-state index in [1.807, 2.05) is 0 Å². The highest BCUT2D eigenvalue weighted by atomic mass is 32.2. The van der Waals surface area contributed by atoms with Gasteiger partial charge in [-0.3, -0.25) is 14.5 Å². The number of aliphatic carboxylic acids is 2. The van der Waals surface area contributed by atoms with E-state index in [4.69, 9.17) is 10.2 Å². The normalized spacial score (nSPS) is 12.7. The van der Waals surface area contributed by atoms with E-state index < -0.39 is 39.6 Å². The van der Waals surface area contributed by atoms with Gasteiger partial charge in [0.05, 0.1) is 23.6 Å². The maximum Gasteiger partial charge on any atom is 0.317 e. The first kappa shape index (κ1) is 16.9. The molecule has 0 aromatic heterocycles. The molecule has 0 amide bonds. The molecular weight excluding hydrogens is 262 g/mol. The largest absolute Gasteiger partial charge is 0.480 e. The fourth-order valence-electron chi connectivity index (χ4n) is 1.15. The van der Waals surface area contributed by atoms with Crippen molar-refractivity contribution in [1.82, 2.24) is 4.90 Å². The summed E-state index contributed by atoms with van der Waals surface area (Å²) >= 11 is 0. The monoisotopic (exact) mass is 281 g/mol. The zero-order valence-corrected chi connectivity index (χ0v) is 11.5. The molecular formula is C10H19NO6S. The van der Waals surface area contributed by atoms with Crippen LogP contribution in [-0.4, -0.2) is 65.6 Å². The molecule has 0 spiro atoms. The summed E-state index contributed by atoms with van der Waals surface area (Å²) < 4.78 is 22.7. The maximum absolute atomic E-state index is 11.8. The summed E-state index contributed by atoms with van der Waals surface area (Å²) in [6.45, 7) is 3.53. The molecule has 18 heavy (non-hydrogen) atoms. The summed E-state index contributed by atoms with van der Waals surface area (Å²) in [5.74, 6) is -2.65. The second-order valence-electron chi connectivity index (χ2n) is 4.93. The van der Waals surface area contributed by atoms with Gasteiger partial charge in [-0.05, 0) is 20.8 Å². The number of rotatable bonds is 7. The Morgan fingerprint density at radius 3 is 1.72 bits per heavy atom. The van der Waals surface area contributed by atoms with Gasteiger partial charge in [-0.25, -0.2) is 8.42 Å². The van der Waals surface area contributed by atoms with Crippen LogP contribution in [0.5, 0.6) is 0 Å². The first-order valence-electron chi connectivity index (χ1n) is 5.34. The smallest absolute Gasteiger partial charge is 0.317 e. The highest BCUT2D eigenvalue weighted by Crippen LogP contribution is 2.15. The fourth-order valence-corrected chi connectivity index (χ4v) is 2.26. The highest BCUT2D eigenvalue weighted by molar-refractivity contribution is 7.92. The van der Waals surface area contributed by atoms with Gasteiger partial charge in [0.25, 0.3) is 0 Å². The van der Waals surface area contributed by atoms with Crippen molar-refractivity contribution in [2.45, 2.75) is 25.5 Å². The van der Waals surface area contributed by atoms with Gasteiger partial charge in [-0.1, -0.05) is 0 Å². The molecule has 0 aliphatic carbocycles. The lowest BCUT2D eigenvalue weighted by Crippen LogP contribution is -2.40. The molecule has 0 unspecified atom stereocenters. The molecule has 2 N–H and O–H groups in total. The lowest BCUT2D eigenvalue weighted by molar-refractivity contribution is -0.141. The Morgan fingerprint density at radius 1 is 1.06 bits per heavy atom. The molecule has 0 saturated heterocycles. The minimum atomic E-state index is -3.39. The van der Waals surface area contributed by atoms with Crippen LogP contribution in [0.25, 0.3) is 0 Å². The van der Waals surface area contributed by atoms with E-state index in [-0.39, 0.29) is 12.3 Å². The van der Waals surface area contributed by atoms with Crippen LogP contribution in [-0.2, 0) is 19.4 Å². The summed E-state index contributed by atoms with van der Waals surface area (Å²) in [6.07, 6.45) is 0. The molecule has 0 saturated carbocycles. The van der Waals surface area contributed by atoms with Gasteiger partial charge >= 0.3 is 11.9 Å². The molecule has 0 radical (unpaired) electrons. The van der Waals surface area contributed by atoms with Crippen LogP contribution >= 0.6 is 0 Å². The molecule has 106 valence electrons. The van der Waals surface area contributed by atoms with E-state index in [0.717, 1.165) is 4.90 Å². The van der Waals surface area contributed by atoms with Crippen molar-refractivity contribution >= 4 is 21.8 Å². The summed E-state index contributed by atoms with van der Waals surface area (Å²) in [4.78, 5) is 22.1. The molecule has 0 aromatic rings. The second kappa shape index (κ2) is 6.14. The summed E-state index contributed by atoms with van der Waals surface area (Å²) in [5.41, 5.74) is 0. The number of nitrogens with zero attached hydrogens (tertiary/aromatic N) is 1. The van der Waals surface area contributed by atoms with E-state index in [9.17, 15) is 18.0 Å². The minimum Gasteiger partial charge on any atom is -0.480 e. The van der Waals surface area contributed by atoms with Gasteiger partial charge in [0.2, 0.25) is 0 Å². The van der Waals surface area contributed by atoms with E-state index in [2.05, 4.69) is 0 Å². The van der Waals surface area contributed by atoms with E-state index >= 15 is 0 Å². The van der Waals surface area contributed by atoms with Crippen molar-refractivity contribution in [1.29, 1.82) is 0 Å². The lowest BCUT2D eigenvalue weighted by atomic mass is 10.3. The number of hydrogen-bond donors (Lipinski definition) is 2. The predicted molar refractivity (Wildman–Crippen MR) is 65.3 cm³/mol. The van der Waals surface area contributed by atoms with Gasteiger partial charge < -0.3 is 10.2 Å². The first-order chi connectivity index (χ1) is 7.95. The standard InChI is InChI=1S/C10H19NO6S/c1-10(2,3)18(16,17)5-4-11(6-8(12)13)7-9(14)15/h4-7H2,1-3H3,(H,12,13)(H,14,15). The molecule has 0 rings (SSSR count). The molecule has 0 atom stereocenters. The van der Waals surface area contributed by atoms with Crippen molar-refractivity contribution in [3.63, 3.8) is 0 Å². The van der Waals surface area contributed by atoms with Crippen molar-refractivity contribution in [2.24, 2.45) is 0 Å². The van der Waals surface area contributed by atoms with E-state index in [1.54, 1.807) is 20.8 Å². The van der Waals surface area contributed by atoms with Crippen LogP contribution in [0.1, 0.15) is 20.8 Å². The van der Waals surface area contributed by atoms with Crippen LogP contribution in [0.4, 0.5) is 0 Å². The van der Waals surface area contributed by atoms with Crippen molar-refractivity contribution < 1.29 is 28.2 Å². The topological polar surface area (TPSA) is 112 Å². The van der Waals surface area contributed by atoms with Gasteiger partial charge in [0, 0.05) is 6.54 Å². The maximum atomic E-state index is 11.8. The van der Waals surface area contributed by atoms with Crippen LogP contribution in [0, 0.1) is 0 Å². The summed E-state index contributed by atoms with van der Waals surface area (Å²) in [7, 11) is -3.39. The number of carboxylic acids is 2. The predicted octanol–water partition coefficient (Wildman–Crippen LogP) is -0.329. The highest BCUT2D eigenvalue weighted by Gasteiger charge is 2.29. The Kier molecular flexibility index (Phi) is 5.75. The minimum absolute atomic E-state index is 0.113. The van der Waals surface area contributed by atoms with Crippen LogP contribution in [0.15, 0.2) is 0 Å². The Hall–Kier alpha value is -1.15. The summed E-state index contributed by atoms with van der Waals surface area (Å²) in [5, 5.41) is 17.2. The molecule has 0 aliphatic heterocycles. The quantitative estimate of drug-likeness (QED) is 0.657. The molecule has 0 aromatic carbocycles. The Morgan fingerprint density at radius 2 is 1.44 bits per heavy atom. The van der Waals surface area contributed by atoms with Gasteiger partial charge in [-0.2, -0.15) is 0 Å². The van der Waals surface area contributed by atoms with Crippen LogP contribution in [0.3, 0.4) is 0 Å². The Labute approximate surface area is 106 Å². The second-order valence-corrected chi connectivity index (χ2v) is 7.79. The third kappa shape index (κ3) is 5.97. The van der Waals surface area contributed by atoms with Gasteiger partial charge in [0.1, 0.15) is 0 Å². The SMILES string of the molecule is CC(C)(C)S(=O)(=O)CCN(CC(=O)O)CC(=O)O. The molecule has 0 aliphatic rings. The number of hydrogen-bond acceptors (Lipinski definition) is 5. The Balaban J connectivity index is 4.62. The van der Waals surface area contributed by atoms with Gasteiger partial charge in [0.15, 0.2) is 9.84 Å². The van der Waals surface area contributed by atoms with E-state index in [1.165, 1.54) is 0 Å². The third-order valence-corrected chi connectivity index (χ3v) is 4.91. The molecule has 0 fully saturated rings. The Bertz CT molecular complexity index is 393. The molecule has 7 nitrogen and oxygen atoms in total. The van der Waals surface area contributed by atoms with Crippen molar-refractivity contribution in [2.75, 3.05) is 25.4 Å². The molecule has 0 heterocycles. The zero-order valence-electron chi connectivity index (χ0n) is 10.7. The zero-order chi connectivity index (χ0) is 14.6. The van der Waals surface area contributed by atoms with Crippen LogP contribution < -0.4 is 0 Å². The number of carboxylic acid groups (broad SMARTS) is 2. The average molecular weight is 281 g/mol. The van der Waals surface area contributed by atoms with Gasteiger partial charge in [-0.15, -0.1) is 0 Å². The third-order valence-electron chi connectivity index (χ3n) is 2.33. The fraction of sp³-hybridized carbons (Fsp3) is 0.800. The summed E-state index contributed by atoms with van der Waals surface area (Å²) in [6, 6.07) is 0. The molecule has 0 bridgehead atoms. The first-order valence-corrected chi connectivity index (χ1v) is 6.99. The van der Waals surface area contributed by atoms with Crippen LogP contribution in [0.2, 0.25) is 0 Å². The van der Waals surface area contributed by atoms with Crippen molar-refractivity contribution in [3.05, 3.63) is 0 Å². The van der Waals surface area contributed by atoms with Crippen molar-refractivity contribution in [3.8, 4) is 0 Å². The average Bonchev–Trinajstić information content (AvgIpc) is 2.10. The van der Waals surface area contributed by atoms with E-state index in [0.29, 0.717) is 0 Å². The number of sulfone groups is 1.